The Kier molecular flexibility index (Phi) is 13.3. The topological polar surface area (TPSA) is 130 Å². The molecular weight excluding hydrogens is 507 g/mol. The van der Waals surface area contributed by atoms with Gasteiger partial charge in [-0.3, -0.25) is 9.59 Å². The van der Waals surface area contributed by atoms with E-state index in [1.165, 1.54) is 19.3 Å². The van der Waals surface area contributed by atoms with Gasteiger partial charge in [0.25, 0.3) is 11.9 Å². The number of carbonyl (C=O) groups is 3. The molecule has 0 unspecified atom stereocenters. The van der Waals surface area contributed by atoms with Gasteiger partial charge in [0.05, 0.1) is 6.04 Å². The maximum absolute atomic E-state index is 11.6. The van der Waals surface area contributed by atoms with Gasteiger partial charge in [-0.1, -0.05) is 53.0 Å². The van der Waals surface area contributed by atoms with Crippen LogP contribution in [0.1, 0.15) is 52.9 Å². The van der Waals surface area contributed by atoms with E-state index in [4.69, 9.17) is 15.9 Å². The molecule has 0 spiro atoms. The molecule has 0 saturated heterocycles. The van der Waals surface area contributed by atoms with Crippen LogP contribution in [0.15, 0.2) is 0 Å². The van der Waals surface area contributed by atoms with Crippen LogP contribution >= 0.6 is 0 Å². The van der Waals surface area contributed by atoms with Crippen molar-refractivity contribution in [1.29, 1.82) is 0 Å². The van der Waals surface area contributed by atoms with Crippen LogP contribution in [0.4, 0.5) is 0 Å². The molecule has 0 aliphatic heterocycles. The maximum atomic E-state index is 11.6. The molecule has 2 atom stereocenters. The average Bonchev–Trinajstić information content (AvgIpc) is 2.50. The number of carboxylic acids is 2. The van der Waals surface area contributed by atoms with E-state index < -0.39 is 23.4 Å². The molecule has 25 heavy (non-hydrogen) atoms. The quantitative estimate of drug-likeness (QED) is 0.381. The third-order valence-corrected chi connectivity index (χ3v) is 4.43. The van der Waals surface area contributed by atoms with Crippen LogP contribution in [-0.4, -0.2) is 46.6 Å². The molecule has 0 heterocycles. The van der Waals surface area contributed by atoms with Gasteiger partial charge in [0, 0.05) is 26.5 Å². The summed E-state index contributed by atoms with van der Waals surface area (Å²) in [7, 11) is 0. The molecule has 0 bridgehead atoms. The Labute approximate surface area is 164 Å². The molecule has 1 fully saturated rings. The summed E-state index contributed by atoms with van der Waals surface area (Å²) >= 11 is 0. The minimum Gasteiger partial charge on any atom is -0.677 e. The van der Waals surface area contributed by atoms with E-state index in [0.29, 0.717) is 12.3 Å². The maximum Gasteiger partial charge on any atom is 0.296 e. The molecule has 0 aromatic heterocycles. The summed E-state index contributed by atoms with van der Waals surface area (Å²) in [5, 5.41) is 20.4. The predicted octanol–water partition coefficient (Wildman–Crippen LogP) is 3.33. The monoisotopic (exact) mass is 536 g/mol. The van der Waals surface area contributed by atoms with Crippen molar-refractivity contribution in [3.8, 4) is 0 Å². The van der Waals surface area contributed by atoms with E-state index in [1.54, 1.807) is 13.8 Å². The van der Waals surface area contributed by atoms with Crippen LogP contribution < -0.4 is 0 Å². The van der Waals surface area contributed by atoms with Gasteiger partial charge < -0.3 is 33.0 Å². The molecule has 3 N–H and O–H groups in total. The average molecular weight is 537 g/mol. The zero-order valence-electron chi connectivity index (χ0n) is 15.1. The third kappa shape index (κ3) is 10.1. The molecule has 1 aliphatic carbocycles. The van der Waals surface area contributed by atoms with E-state index in [2.05, 4.69) is 12.2 Å². The molecule has 0 amide bonds. The number of nitrogens with one attached hydrogen (secondary N) is 1. The summed E-state index contributed by atoms with van der Waals surface area (Å²) in [5.74, 6) is -2.96. The number of aliphatic carboxylic acids is 2. The molecule has 0 aromatic rings. The van der Waals surface area contributed by atoms with Gasteiger partial charge in [-0.05, 0) is 6.42 Å². The Morgan fingerprint density at radius 1 is 1.20 bits per heavy atom. The van der Waals surface area contributed by atoms with Crippen LogP contribution in [0, 0.1) is 18.3 Å². The number of carboxylic acid groups (broad SMARTS) is 2. The number of ketones is 1. The Balaban J connectivity index is 0. The molecular formula is C17H29N2O5Pt-3. The van der Waals surface area contributed by atoms with Crippen LogP contribution in [0.3, 0.4) is 0 Å². The normalized spacial score (nSPS) is 20.1. The summed E-state index contributed by atoms with van der Waals surface area (Å²) in [6, 6.07) is -1.72. The summed E-state index contributed by atoms with van der Waals surface area (Å²) in [4.78, 5) is 32.5. The molecule has 150 valence electrons. The number of hydrogen-bond donors (Lipinski definition) is 2. The molecule has 8 heteroatoms. The first-order valence-corrected chi connectivity index (χ1v) is 8.22. The van der Waals surface area contributed by atoms with Gasteiger partial charge in [-0.15, -0.1) is 0 Å². The fourth-order valence-corrected chi connectivity index (χ4v) is 2.05. The van der Waals surface area contributed by atoms with Gasteiger partial charge in [-0.2, -0.15) is 12.0 Å². The zero-order valence-corrected chi connectivity index (χ0v) is 17.3. The predicted molar refractivity (Wildman–Crippen MR) is 91.8 cm³/mol. The minimum absolute atomic E-state index is 0. The zero-order chi connectivity index (χ0) is 18.9. The van der Waals surface area contributed by atoms with Crippen molar-refractivity contribution in [3.05, 3.63) is 18.0 Å². The molecule has 1 aliphatic rings. The first-order valence-electron chi connectivity index (χ1n) is 8.22. The van der Waals surface area contributed by atoms with Crippen LogP contribution in [-0.2, 0) is 35.4 Å². The second-order valence-electron chi connectivity index (χ2n) is 6.73. The number of hydrogen-bond acceptors (Lipinski definition) is 3. The van der Waals surface area contributed by atoms with Crippen molar-refractivity contribution in [2.24, 2.45) is 11.3 Å². The second-order valence-corrected chi connectivity index (χ2v) is 6.73. The van der Waals surface area contributed by atoms with Gasteiger partial charge in [0.1, 0.15) is 5.78 Å². The van der Waals surface area contributed by atoms with Crippen molar-refractivity contribution >= 4 is 17.7 Å². The van der Waals surface area contributed by atoms with Crippen molar-refractivity contribution in [2.45, 2.75) is 65.0 Å². The fraction of sp³-hybridized carbons (Fsp3) is 0.765. The minimum atomic E-state index is -1.86. The standard InChI is InChI=1S/C10H16NO5.C7H13N.Pt/c1-4-10(2,3)6(12)5-11-7(8(13)14)9(15)16;1-6-4-2-3-5-7(6)8;/h7H,4-5H2,1-3H3,(H,13,14)(H,15,16);6-8H,1-5H2;/q-1;-2;/t;6-,7-;/m.1./s1. The number of rotatable bonds is 7. The van der Waals surface area contributed by atoms with Crippen LogP contribution in [0.2, 0.25) is 0 Å². The van der Waals surface area contributed by atoms with E-state index in [1.807, 2.05) is 6.92 Å². The Hall–Kier alpha value is -0.782. The molecule has 0 aromatic carbocycles. The SMILES string of the molecule is CCC(C)(C)C(=O)C[N-]C(C(=O)O)C(=O)O.[CH2-][C@@H]1CCCC[C@H]1[NH-].[Pt]. The number of nitrogens with zero attached hydrogens (tertiary/aromatic N) is 1. The first kappa shape index (κ1) is 26.4. The van der Waals surface area contributed by atoms with Crippen molar-refractivity contribution < 1.29 is 45.7 Å². The largest absolute Gasteiger partial charge is 0.677 e. The Morgan fingerprint density at radius 2 is 1.68 bits per heavy atom. The molecule has 1 rings (SSSR count). The first-order chi connectivity index (χ1) is 11.0. The third-order valence-electron chi connectivity index (χ3n) is 4.43. The van der Waals surface area contributed by atoms with Crippen molar-refractivity contribution in [2.75, 3.05) is 6.54 Å². The van der Waals surface area contributed by atoms with Crippen molar-refractivity contribution in [3.63, 3.8) is 0 Å². The molecule has 1 saturated carbocycles. The fourth-order valence-electron chi connectivity index (χ4n) is 2.05. The van der Waals surface area contributed by atoms with E-state index in [9.17, 15) is 14.4 Å². The van der Waals surface area contributed by atoms with E-state index in [0.717, 1.165) is 6.42 Å². The summed E-state index contributed by atoms with van der Waals surface area (Å²) in [6.07, 6.45) is 5.39. The smallest absolute Gasteiger partial charge is 0.296 e. The number of carbonyl (C=O) groups excluding carboxylic acids is 1. The Morgan fingerprint density at radius 3 is 2.00 bits per heavy atom. The van der Waals surface area contributed by atoms with Crippen molar-refractivity contribution in [1.82, 2.24) is 0 Å². The summed E-state index contributed by atoms with van der Waals surface area (Å²) in [5.41, 5.74) is 6.81. The Bertz CT molecular complexity index is 419. The van der Waals surface area contributed by atoms with Gasteiger partial charge >= 0.3 is 0 Å². The summed E-state index contributed by atoms with van der Waals surface area (Å²) < 4.78 is 0. The van der Waals surface area contributed by atoms with Crippen LogP contribution in [0.25, 0.3) is 11.1 Å². The van der Waals surface area contributed by atoms with E-state index >= 15 is 0 Å². The molecule has 7 nitrogen and oxygen atoms in total. The molecule has 0 radical (unpaired) electrons. The summed E-state index contributed by atoms with van der Waals surface area (Å²) in [6.45, 7) is 8.75. The number of Topliss-reactive ketones (excluding diaryl/α,β-unsaturated/α-hetero) is 1. The van der Waals surface area contributed by atoms with Crippen LogP contribution in [0.5, 0.6) is 0 Å². The second kappa shape index (κ2) is 12.6. The van der Waals surface area contributed by atoms with E-state index in [-0.39, 0.29) is 39.4 Å². The van der Waals surface area contributed by atoms with Gasteiger partial charge in [0.15, 0.2) is 0 Å². The van der Waals surface area contributed by atoms with Gasteiger partial charge in [0.2, 0.25) is 0 Å². The van der Waals surface area contributed by atoms with Gasteiger partial charge in [-0.25, -0.2) is 0 Å².